The number of fused-ring (bicyclic) bond motifs is 1. The molecule has 0 bridgehead atoms. The van der Waals surface area contributed by atoms with Crippen molar-refractivity contribution >= 4 is 38.9 Å². The number of rotatable bonds is 9. The van der Waals surface area contributed by atoms with Gasteiger partial charge >= 0.3 is 12.1 Å². The van der Waals surface area contributed by atoms with E-state index in [9.17, 15) is 9.59 Å². The number of carbonyl (C=O) groups excluding carboxylic acids is 2. The highest BCUT2D eigenvalue weighted by atomic mass is 79.9. The number of hydrogen-bond donors (Lipinski definition) is 0. The zero-order valence-electron chi connectivity index (χ0n) is 20.9. The Balaban J connectivity index is 1.52. The van der Waals surface area contributed by atoms with Gasteiger partial charge in [-0.25, -0.2) is 4.79 Å². The standard InChI is InChI=1S/C27H32BrN3O5/c1-4-34-26(32)13-19-7-5-6-8-25(19)35-17-23-22-14-20(28)9-10-24(22)31(29-23)21-11-12-30(15-21)27(33)36-16-18(2)3/h5-10,14,18,21H,4,11-13,15-17H2,1-3H3. The fourth-order valence-corrected chi connectivity index (χ4v) is 4.66. The van der Waals surface area contributed by atoms with Crippen molar-refractivity contribution in [2.75, 3.05) is 26.3 Å². The van der Waals surface area contributed by atoms with Crippen molar-refractivity contribution in [1.29, 1.82) is 0 Å². The average molecular weight is 558 g/mol. The first kappa shape index (κ1) is 26.0. The highest BCUT2D eigenvalue weighted by Crippen LogP contribution is 2.31. The summed E-state index contributed by atoms with van der Waals surface area (Å²) < 4.78 is 19.6. The van der Waals surface area contributed by atoms with Crippen LogP contribution < -0.4 is 4.74 Å². The smallest absolute Gasteiger partial charge is 0.409 e. The summed E-state index contributed by atoms with van der Waals surface area (Å²) in [4.78, 5) is 26.2. The van der Waals surface area contributed by atoms with E-state index in [0.717, 1.165) is 33.1 Å². The predicted molar refractivity (Wildman–Crippen MR) is 140 cm³/mol. The molecular formula is C27H32BrN3O5. The molecule has 0 spiro atoms. The van der Waals surface area contributed by atoms with Crippen LogP contribution in [0.1, 0.15) is 44.5 Å². The SMILES string of the molecule is CCOC(=O)Cc1ccccc1OCc1nn(C2CCN(C(=O)OCC(C)C)C2)c2ccc(Br)cc12. The van der Waals surface area contributed by atoms with E-state index in [-0.39, 0.29) is 31.1 Å². The average Bonchev–Trinajstić information content (AvgIpc) is 3.47. The Hall–Kier alpha value is -3.07. The Kier molecular flexibility index (Phi) is 8.51. The van der Waals surface area contributed by atoms with Crippen LogP contribution in [0.4, 0.5) is 4.79 Å². The summed E-state index contributed by atoms with van der Waals surface area (Å²) in [5, 5.41) is 5.90. The number of hydrogen-bond acceptors (Lipinski definition) is 6. The molecule has 3 aromatic rings. The van der Waals surface area contributed by atoms with Crippen LogP contribution in [0.25, 0.3) is 10.9 Å². The molecule has 1 atom stereocenters. The molecule has 1 amide bonds. The van der Waals surface area contributed by atoms with Crippen LogP contribution in [-0.4, -0.2) is 53.0 Å². The normalized spacial score (nSPS) is 15.5. The zero-order valence-corrected chi connectivity index (χ0v) is 22.5. The Bertz CT molecular complexity index is 1230. The third kappa shape index (κ3) is 6.19. The molecule has 36 heavy (non-hydrogen) atoms. The van der Waals surface area contributed by atoms with Crippen LogP contribution in [-0.2, 0) is 27.3 Å². The van der Waals surface area contributed by atoms with Gasteiger partial charge in [-0.1, -0.05) is 48.0 Å². The molecule has 2 heterocycles. The van der Waals surface area contributed by atoms with Crippen LogP contribution in [0.5, 0.6) is 5.75 Å². The number of carbonyl (C=O) groups is 2. The van der Waals surface area contributed by atoms with Gasteiger partial charge in [-0.15, -0.1) is 0 Å². The van der Waals surface area contributed by atoms with Crippen LogP contribution in [0.15, 0.2) is 46.9 Å². The molecule has 2 aromatic carbocycles. The molecule has 8 nitrogen and oxygen atoms in total. The molecule has 0 saturated carbocycles. The summed E-state index contributed by atoms with van der Waals surface area (Å²) >= 11 is 3.57. The Morgan fingerprint density at radius 2 is 1.97 bits per heavy atom. The monoisotopic (exact) mass is 557 g/mol. The van der Waals surface area contributed by atoms with Crippen LogP contribution in [0, 0.1) is 5.92 Å². The summed E-state index contributed by atoms with van der Waals surface area (Å²) in [7, 11) is 0. The Morgan fingerprint density at radius 3 is 2.75 bits per heavy atom. The predicted octanol–water partition coefficient (Wildman–Crippen LogP) is 5.52. The number of aromatic nitrogens is 2. The summed E-state index contributed by atoms with van der Waals surface area (Å²) in [5.74, 6) is 0.638. The molecule has 1 aromatic heterocycles. The maximum absolute atomic E-state index is 12.5. The lowest BCUT2D eigenvalue weighted by molar-refractivity contribution is -0.142. The lowest BCUT2D eigenvalue weighted by Crippen LogP contribution is -2.30. The summed E-state index contributed by atoms with van der Waals surface area (Å²) in [6, 6.07) is 13.6. The van der Waals surface area contributed by atoms with E-state index in [0.29, 0.717) is 38.0 Å². The molecule has 1 aliphatic rings. The minimum Gasteiger partial charge on any atom is -0.487 e. The van der Waals surface area contributed by atoms with Crippen molar-refractivity contribution in [3.05, 3.63) is 58.2 Å². The molecule has 9 heteroatoms. The fraction of sp³-hybridized carbons (Fsp3) is 0.444. The van der Waals surface area contributed by atoms with Crippen molar-refractivity contribution < 1.29 is 23.8 Å². The molecule has 0 N–H and O–H groups in total. The van der Waals surface area contributed by atoms with E-state index in [2.05, 4.69) is 15.9 Å². The molecular weight excluding hydrogens is 526 g/mol. The summed E-state index contributed by atoms with van der Waals surface area (Å²) in [5.41, 5.74) is 2.55. The molecule has 4 rings (SSSR count). The zero-order chi connectivity index (χ0) is 25.7. The summed E-state index contributed by atoms with van der Waals surface area (Å²) in [6.45, 7) is 8.01. The molecule has 1 fully saturated rings. The Labute approximate surface area is 219 Å². The molecule has 1 unspecified atom stereocenters. The third-order valence-electron chi connectivity index (χ3n) is 6.03. The van der Waals surface area contributed by atoms with Crippen LogP contribution in [0.3, 0.4) is 0 Å². The highest BCUT2D eigenvalue weighted by molar-refractivity contribution is 9.10. The molecule has 1 aliphatic heterocycles. The van der Waals surface area contributed by atoms with Gasteiger partial charge in [0, 0.05) is 28.5 Å². The molecule has 192 valence electrons. The van der Waals surface area contributed by atoms with E-state index in [4.69, 9.17) is 19.3 Å². The largest absolute Gasteiger partial charge is 0.487 e. The lowest BCUT2D eigenvalue weighted by Gasteiger charge is -2.17. The molecule has 0 radical (unpaired) electrons. The Morgan fingerprint density at radius 1 is 1.17 bits per heavy atom. The minimum atomic E-state index is -0.287. The van der Waals surface area contributed by atoms with E-state index >= 15 is 0 Å². The molecule has 1 saturated heterocycles. The van der Waals surface area contributed by atoms with E-state index in [1.54, 1.807) is 11.8 Å². The minimum absolute atomic E-state index is 0.0464. The third-order valence-corrected chi connectivity index (χ3v) is 6.52. The van der Waals surface area contributed by atoms with E-state index < -0.39 is 0 Å². The van der Waals surface area contributed by atoms with Crippen LogP contribution in [0.2, 0.25) is 0 Å². The lowest BCUT2D eigenvalue weighted by atomic mass is 10.1. The van der Waals surface area contributed by atoms with Crippen LogP contribution >= 0.6 is 15.9 Å². The number of likely N-dealkylation sites (tertiary alicyclic amines) is 1. The second kappa shape index (κ2) is 11.8. The van der Waals surface area contributed by atoms with Crippen molar-refractivity contribution in [3.8, 4) is 5.75 Å². The molecule has 0 aliphatic carbocycles. The quantitative estimate of drug-likeness (QED) is 0.322. The van der Waals surface area contributed by atoms with Crippen molar-refractivity contribution in [3.63, 3.8) is 0 Å². The highest BCUT2D eigenvalue weighted by Gasteiger charge is 2.30. The number of amides is 1. The van der Waals surface area contributed by atoms with Gasteiger partial charge in [-0.2, -0.15) is 5.10 Å². The number of para-hydroxylation sites is 1. The van der Waals surface area contributed by atoms with Gasteiger partial charge in [0.25, 0.3) is 0 Å². The maximum atomic E-state index is 12.5. The second-order valence-corrected chi connectivity index (χ2v) is 10.2. The van der Waals surface area contributed by atoms with E-state index in [1.165, 1.54) is 0 Å². The first-order valence-corrected chi connectivity index (χ1v) is 13.1. The van der Waals surface area contributed by atoms with Gasteiger partial charge in [0.05, 0.1) is 31.2 Å². The fourth-order valence-electron chi connectivity index (χ4n) is 4.30. The number of nitrogens with zero attached hydrogens (tertiary/aromatic N) is 3. The van der Waals surface area contributed by atoms with Crippen molar-refractivity contribution in [2.24, 2.45) is 5.92 Å². The van der Waals surface area contributed by atoms with Gasteiger partial charge in [-0.05, 0) is 43.5 Å². The number of halogens is 1. The topological polar surface area (TPSA) is 82.9 Å². The summed E-state index contributed by atoms with van der Waals surface area (Å²) in [6.07, 6.45) is 0.675. The first-order chi connectivity index (χ1) is 17.4. The van der Waals surface area contributed by atoms with Gasteiger partial charge in [-0.3, -0.25) is 9.48 Å². The first-order valence-electron chi connectivity index (χ1n) is 12.3. The number of ether oxygens (including phenoxy) is 3. The second-order valence-electron chi connectivity index (χ2n) is 9.29. The number of benzene rings is 2. The van der Waals surface area contributed by atoms with Gasteiger partial charge in [0.1, 0.15) is 18.1 Å². The van der Waals surface area contributed by atoms with Gasteiger partial charge < -0.3 is 19.1 Å². The van der Waals surface area contributed by atoms with Crippen molar-refractivity contribution in [2.45, 2.75) is 46.3 Å². The van der Waals surface area contributed by atoms with Gasteiger partial charge in [0.2, 0.25) is 0 Å². The maximum Gasteiger partial charge on any atom is 0.409 e. The van der Waals surface area contributed by atoms with Crippen molar-refractivity contribution in [1.82, 2.24) is 14.7 Å². The van der Waals surface area contributed by atoms with E-state index in [1.807, 2.05) is 61.0 Å². The number of esters is 1. The van der Waals surface area contributed by atoms with Gasteiger partial charge in [0.15, 0.2) is 0 Å².